The van der Waals surface area contributed by atoms with E-state index in [1.807, 2.05) is 6.07 Å². The molecule has 0 aromatic carbocycles. The predicted molar refractivity (Wildman–Crippen MR) is 70.0 cm³/mol. The number of nitriles is 1. The summed E-state index contributed by atoms with van der Waals surface area (Å²) >= 11 is 0. The van der Waals surface area contributed by atoms with Gasteiger partial charge in [0.1, 0.15) is 0 Å². The molecule has 0 aromatic rings. The fourth-order valence-corrected chi connectivity index (χ4v) is 1.78. The van der Waals surface area contributed by atoms with E-state index in [0.717, 1.165) is 19.3 Å². The highest BCUT2D eigenvalue weighted by atomic mass is 16.5. The number of ether oxygens (including phenoxy) is 2. The van der Waals surface area contributed by atoms with Crippen molar-refractivity contribution in [3.63, 3.8) is 0 Å². The summed E-state index contributed by atoms with van der Waals surface area (Å²) in [5.41, 5.74) is 0. The van der Waals surface area contributed by atoms with Gasteiger partial charge in [0.05, 0.1) is 19.8 Å². The van der Waals surface area contributed by atoms with Crippen LogP contribution >= 0.6 is 0 Å². The average molecular weight is 269 g/mol. The van der Waals surface area contributed by atoms with Gasteiger partial charge in [-0.15, -0.1) is 0 Å². The molecule has 2 unspecified atom stereocenters. The highest BCUT2D eigenvalue weighted by Crippen LogP contribution is 2.13. The summed E-state index contributed by atoms with van der Waals surface area (Å²) in [6, 6.07) is 1.91. The van der Waals surface area contributed by atoms with E-state index >= 15 is 0 Å². The highest BCUT2D eigenvalue weighted by molar-refractivity contribution is 5.94. The molecule has 0 saturated heterocycles. The molecule has 0 rings (SSSR count). The van der Waals surface area contributed by atoms with E-state index in [1.165, 1.54) is 7.11 Å². The topological polar surface area (TPSA) is 76.4 Å². The van der Waals surface area contributed by atoms with Crippen LogP contribution in [-0.2, 0) is 19.1 Å². The lowest BCUT2D eigenvalue weighted by Gasteiger charge is -2.14. The van der Waals surface area contributed by atoms with Crippen LogP contribution in [0.25, 0.3) is 0 Å². The van der Waals surface area contributed by atoms with Crippen molar-refractivity contribution in [3.05, 3.63) is 0 Å². The maximum Gasteiger partial charge on any atom is 0.320 e. The van der Waals surface area contributed by atoms with E-state index in [4.69, 9.17) is 10.00 Å². The lowest BCUT2D eigenvalue weighted by molar-refractivity contribution is -0.161. The summed E-state index contributed by atoms with van der Waals surface area (Å²) < 4.78 is 9.64. The molecule has 0 heterocycles. The van der Waals surface area contributed by atoms with Gasteiger partial charge < -0.3 is 9.47 Å². The van der Waals surface area contributed by atoms with E-state index in [-0.39, 0.29) is 12.8 Å². The Hall–Kier alpha value is -1.57. The average Bonchev–Trinajstić information content (AvgIpc) is 2.39. The Morgan fingerprint density at radius 1 is 1.21 bits per heavy atom. The fourth-order valence-electron chi connectivity index (χ4n) is 1.78. The second kappa shape index (κ2) is 10.4. The number of esters is 2. The molecule has 0 saturated carbocycles. The van der Waals surface area contributed by atoms with Crippen molar-refractivity contribution in [2.45, 2.75) is 46.0 Å². The Bertz CT molecular complexity index is 322. The van der Waals surface area contributed by atoms with Crippen molar-refractivity contribution in [1.82, 2.24) is 0 Å². The van der Waals surface area contributed by atoms with Gasteiger partial charge in [-0.3, -0.25) is 9.59 Å². The van der Waals surface area contributed by atoms with Crippen LogP contribution in [0.4, 0.5) is 0 Å². The zero-order valence-electron chi connectivity index (χ0n) is 12.0. The molecule has 0 aliphatic rings. The van der Waals surface area contributed by atoms with Gasteiger partial charge in [-0.1, -0.05) is 26.7 Å². The monoisotopic (exact) mass is 269 g/mol. The van der Waals surface area contributed by atoms with Crippen LogP contribution in [-0.4, -0.2) is 25.7 Å². The van der Waals surface area contributed by atoms with Crippen molar-refractivity contribution in [2.24, 2.45) is 11.8 Å². The number of methoxy groups -OCH3 is 1. The first kappa shape index (κ1) is 17.4. The molecule has 19 heavy (non-hydrogen) atoms. The second-order valence-electron chi connectivity index (χ2n) is 4.62. The molecule has 0 fully saturated rings. The van der Waals surface area contributed by atoms with E-state index in [0.29, 0.717) is 12.5 Å². The minimum absolute atomic E-state index is 0.126. The SMILES string of the molecule is CCCC(C)CCOC(=O)C(CCC#N)C(=O)OC. The van der Waals surface area contributed by atoms with Gasteiger partial charge in [0, 0.05) is 6.42 Å². The summed E-state index contributed by atoms with van der Waals surface area (Å²) in [4.78, 5) is 23.2. The van der Waals surface area contributed by atoms with Gasteiger partial charge in [-0.05, 0) is 18.8 Å². The zero-order chi connectivity index (χ0) is 14.7. The van der Waals surface area contributed by atoms with Gasteiger partial charge in [-0.25, -0.2) is 0 Å². The molecule has 0 amide bonds. The summed E-state index contributed by atoms with van der Waals surface area (Å²) in [7, 11) is 1.22. The number of nitrogens with zero attached hydrogens (tertiary/aromatic N) is 1. The number of carbonyl (C=O) groups excluding carboxylic acids is 2. The quantitative estimate of drug-likeness (QED) is 0.474. The molecule has 0 N–H and O–H groups in total. The van der Waals surface area contributed by atoms with Gasteiger partial charge in [-0.2, -0.15) is 5.26 Å². The van der Waals surface area contributed by atoms with Crippen LogP contribution in [0.1, 0.15) is 46.0 Å². The molecule has 0 aliphatic heterocycles. The number of rotatable bonds is 9. The third kappa shape index (κ3) is 7.45. The van der Waals surface area contributed by atoms with Crippen LogP contribution in [0.2, 0.25) is 0 Å². The smallest absolute Gasteiger partial charge is 0.320 e. The van der Waals surface area contributed by atoms with Gasteiger partial charge in [0.2, 0.25) is 0 Å². The van der Waals surface area contributed by atoms with Crippen molar-refractivity contribution < 1.29 is 19.1 Å². The largest absolute Gasteiger partial charge is 0.468 e. The first-order valence-electron chi connectivity index (χ1n) is 6.68. The normalized spacial score (nSPS) is 13.2. The van der Waals surface area contributed by atoms with Crippen LogP contribution in [0, 0.1) is 23.2 Å². The molecular formula is C14H23NO4. The molecular weight excluding hydrogens is 246 g/mol. The lowest BCUT2D eigenvalue weighted by Crippen LogP contribution is -2.27. The van der Waals surface area contributed by atoms with Crippen LogP contribution in [0.5, 0.6) is 0 Å². The summed E-state index contributed by atoms with van der Waals surface area (Å²) in [5, 5.41) is 8.51. The Morgan fingerprint density at radius 2 is 1.89 bits per heavy atom. The Kier molecular flexibility index (Phi) is 9.51. The van der Waals surface area contributed by atoms with Gasteiger partial charge in [0.15, 0.2) is 5.92 Å². The standard InChI is InChI=1S/C14H23NO4/c1-4-6-11(2)8-10-19-14(17)12(7-5-9-15)13(16)18-3/h11-12H,4-8,10H2,1-3H3. The molecule has 0 aliphatic carbocycles. The first-order chi connectivity index (χ1) is 9.06. The third-order valence-corrected chi connectivity index (χ3v) is 2.95. The second-order valence-corrected chi connectivity index (χ2v) is 4.62. The Labute approximate surface area is 114 Å². The van der Waals surface area contributed by atoms with Crippen molar-refractivity contribution in [2.75, 3.05) is 13.7 Å². The number of carbonyl (C=O) groups is 2. The summed E-state index contributed by atoms with van der Waals surface area (Å²) in [6.07, 6.45) is 3.24. The van der Waals surface area contributed by atoms with Crippen molar-refractivity contribution in [1.29, 1.82) is 5.26 Å². The fraction of sp³-hybridized carbons (Fsp3) is 0.786. The molecule has 5 nitrogen and oxygen atoms in total. The van der Waals surface area contributed by atoms with Crippen molar-refractivity contribution in [3.8, 4) is 6.07 Å². The maximum atomic E-state index is 11.8. The minimum Gasteiger partial charge on any atom is -0.468 e. The molecule has 0 radical (unpaired) electrons. The molecule has 5 heteroatoms. The predicted octanol–water partition coefficient (Wildman–Crippen LogP) is 2.45. The molecule has 0 bridgehead atoms. The first-order valence-corrected chi connectivity index (χ1v) is 6.68. The summed E-state index contributed by atoms with van der Waals surface area (Å²) in [5.74, 6) is -1.72. The van der Waals surface area contributed by atoms with E-state index in [2.05, 4.69) is 18.6 Å². The zero-order valence-corrected chi connectivity index (χ0v) is 12.0. The molecule has 0 aromatic heterocycles. The van der Waals surface area contributed by atoms with Gasteiger partial charge in [0.25, 0.3) is 0 Å². The van der Waals surface area contributed by atoms with E-state index in [1.54, 1.807) is 0 Å². The Morgan fingerprint density at radius 3 is 2.42 bits per heavy atom. The van der Waals surface area contributed by atoms with E-state index in [9.17, 15) is 9.59 Å². The highest BCUT2D eigenvalue weighted by Gasteiger charge is 2.28. The summed E-state index contributed by atoms with van der Waals surface area (Å²) in [6.45, 7) is 4.52. The molecule has 2 atom stereocenters. The maximum absolute atomic E-state index is 11.8. The minimum atomic E-state index is -0.980. The Balaban J connectivity index is 4.18. The lowest BCUT2D eigenvalue weighted by atomic mass is 10.0. The van der Waals surface area contributed by atoms with Crippen LogP contribution < -0.4 is 0 Å². The van der Waals surface area contributed by atoms with Crippen molar-refractivity contribution >= 4 is 11.9 Å². The molecule has 108 valence electrons. The van der Waals surface area contributed by atoms with Gasteiger partial charge >= 0.3 is 11.9 Å². The van der Waals surface area contributed by atoms with Crippen LogP contribution in [0.15, 0.2) is 0 Å². The number of hydrogen-bond donors (Lipinski definition) is 0. The molecule has 0 spiro atoms. The van der Waals surface area contributed by atoms with E-state index < -0.39 is 17.9 Å². The number of hydrogen-bond acceptors (Lipinski definition) is 5. The van der Waals surface area contributed by atoms with Crippen LogP contribution in [0.3, 0.4) is 0 Å². The third-order valence-electron chi connectivity index (χ3n) is 2.95.